The Balaban J connectivity index is 2.47. The second-order valence-corrected chi connectivity index (χ2v) is 7.10. The van der Waals surface area contributed by atoms with E-state index in [1.807, 2.05) is 19.1 Å². The maximum Gasteiger partial charge on any atom is 0.204 e. The van der Waals surface area contributed by atoms with Crippen LogP contribution in [0.5, 0.6) is 0 Å². The molecule has 88 valence electrons. The Morgan fingerprint density at radius 1 is 1.35 bits per heavy atom. The van der Waals surface area contributed by atoms with Gasteiger partial charge in [0.15, 0.2) is 0 Å². The Hall–Kier alpha value is -0.160. The smallest absolute Gasteiger partial charge is 0.204 e. The van der Waals surface area contributed by atoms with Crippen molar-refractivity contribution in [2.24, 2.45) is 0 Å². The van der Waals surface area contributed by atoms with Crippen LogP contribution in [-0.4, -0.2) is 5.78 Å². The Morgan fingerprint density at radius 3 is 2.65 bits per heavy atom. The molecule has 5 heteroatoms. The van der Waals surface area contributed by atoms with Crippen molar-refractivity contribution in [1.82, 2.24) is 0 Å². The van der Waals surface area contributed by atoms with Crippen LogP contribution in [0, 0.1) is 6.92 Å². The zero-order valence-electron chi connectivity index (χ0n) is 8.76. The van der Waals surface area contributed by atoms with Crippen LogP contribution in [0.25, 0.3) is 0 Å². The summed E-state index contributed by atoms with van der Waals surface area (Å²) in [4.78, 5) is 12.9. The molecule has 0 saturated heterocycles. The van der Waals surface area contributed by atoms with Gasteiger partial charge in [-0.15, -0.1) is 11.3 Å². The third kappa shape index (κ3) is 2.65. The van der Waals surface area contributed by atoms with Gasteiger partial charge in [-0.2, -0.15) is 0 Å². The van der Waals surface area contributed by atoms with Crippen LogP contribution >= 0.6 is 54.8 Å². The Labute approximate surface area is 125 Å². The molecule has 2 aromatic rings. The molecule has 0 unspecified atom stereocenters. The molecule has 0 aliphatic heterocycles. The minimum Gasteiger partial charge on any atom is -0.288 e. The van der Waals surface area contributed by atoms with Crippen molar-refractivity contribution < 1.29 is 4.79 Å². The van der Waals surface area contributed by atoms with Gasteiger partial charge in [0.1, 0.15) is 0 Å². The normalized spacial score (nSPS) is 10.6. The molecule has 0 aliphatic carbocycles. The first-order valence-electron chi connectivity index (χ1n) is 4.75. The van der Waals surface area contributed by atoms with Gasteiger partial charge in [-0.05, 0) is 56.5 Å². The molecule has 0 atom stereocenters. The highest BCUT2D eigenvalue weighted by Crippen LogP contribution is 2.34. The maximum atomic E-state index is 12.3. The van der Waals surface area contributed by atoms with Crippen LogP contribution in [0.15, 0.2) is 32.5 Å². The van der Waals surface area contributed by atoms with Crippen LogP contribution in [0.4, 0.5) is 0 Å². The SMILES string of the molecule is Cc1cccc(C(=O)c2cc(Br)c(Br)s2)c1Cl. The number of hydrogen-bond acceptors (Lipinski definition) is 2. The first-order chi connectivity index (χ1) is 8.00. The molecule has 2 rings (SSSR count). The van der Waals surface area contributed by atoms with E-state index >= 15 is 0 Å². The number of halogens is 3. The van der Waals surface area contributed by atoms with E-state index in [0.29, 0.717) is 15.5 Å². The number of thiophene rings is 1. The summed E-state index contributed by atoms with van der Waals surface area (Å²) in [6.45, 7) is 1.89. The van der Waals surface area contributed by atoms with E-state index in [1.165, 1.54) is 11.3 Å². The van der Waals surface area contributed by atoms with E-state index in [-0.39, 0.29) is 5.78 Å². The molecule has 1 heterocycles. The minimum absolute atomic E-state index is 0.0462. The second-order valence-electron chi connectivity index (χ2n) is 3.50. The highest BCUT2D eigenvalue weighted by Gasteiger charge is 2.17. The van der Waals surface area contributed by atoms with E-state index in [1.54, 1.807) is 12.1 Å². The minimum atomic E-state index is -0.0462. The molecule has 1 aromatic heterocycles. The standard InChI is InChI=1S/C12H7Br2ClOS/c1-6-3-2-4-7(10(6)15)11(16)9-5-8(13)12(14)17-9/h2-5H,1H3. The summed E-state index contributed by atoms with van der Waals surface area (Å²) in [5.41, 5.74) is 1.46. The summed E-state index contributed by atoms with van der Waals surface area (Å²) in [7, 11) is 0. The lowest BCUT2D eigenvalue weighted by Gasteiger charge is -2.03. The molecule has 0 amide bonds. The van der Waals surface area contributed by atoms with E-state index in [2.05, 4.69) is 31.9 Å². The first kappa shape index (κ1) is 13.3. The average Bonchev–Trinajstić information content (AvgIpc) is 2.62. The molecule has 0 bridgehead atoms. The Bertz CT molecular complexity index is 573. The van der Waals surface area contributed by atoms with Gasteiger partial charge in [0.25, 0.3) is 0 Å². The van der Waals surface area contributed by atoms with Crippen molar-refractivity contribution >= 4 is 60.6 Å². The number of rotatable bonds is 2. The van der Waals surface area contributed by atoms with Crippen LogP contribution < -0.4 is 0 Å². The molecule has 0 N–H and O–H groups in total. The van der Waals surface area contributed by atoms with E-state index in [9.17, 15) is 4.79 Å². The lowest BCUT2D eigenvalue weighted by molar-refractivity contribution is 0.104. The Kier molecular flexibility index (Phi) is 4.08. The predicted molar refractivity (Wildman–Crippen MR) is 79.3 cm³/mol. The van der Waals surface area contributed by atoms with Gasteiger partial charge in [-0.25, -0.2) is 0 Å². The van der Waals surface area contributed by atoms with Gasteiger partial charge < -0.3 is 0 Å². The summed E-state index contributed by atoms with van der Waals surface area (Å²) < 4.78 is 1.79. The van der Waals surface area contributed by atoms with Crippen LogP contribution in [0.1, 0.15) is 20.8 Å². The molecule has 0 fully saturated rings. The number of ketones is 1. The molecular formula is C12H7Br2ClOS. The van der Waals surface area contributed by atoms with Gasteiger partial charge in [0.05, 0.1) is 13.7 Å². The zero-order valence-corrected chi connectivity index (χ0v) is 13.5. The second kappa shape index (κ2) is 5.22. The third-order valence-corrected chi connectivity index (χ3v) is 6.06. The first-order valence-corrected chi connectivity index (χ1v) is 7.53. The topological polar surface area (TPSA) is 17.1 Å². The zero-order chi connectivity index (χ0) is 12.6. The summed E-state index contributed by atoms with van der Waals surface area (Å²) in [5, 5.41) is 0.526. The molecule has 0 radical (unpaired) electrons. The lowest BCUT2D eigenvalue weighted by Crippen LogP contribution is -2.00. The van der Waals surface area contributed by atoms with Crippen molar-refractivity contribution in [3.63, 3.8) is 0 Å². The van der Waals surface area contributed by atoms with E-state index in [4.69, 9.17) is 11.6 Å². The van der Waals surface area contributed by atoms with Crippen LogP contribution in [0.2, 0.25) is 5.02 Å². The maximum absolute atomic E-state index is 12.3. The van der Waals surface area contributed by atoms with Gasteiger partial charge in [0.2, 0.25) is 5.78 Å². The van der Waals surface area contributed by atoms with Crippen molar-refractivity contribution in [3.8, 4) is 0 Å². The fraction of sp³-hybridized carbons (Fsp3) is 0.0833. The fourth-order valence-electron chi connectivity index (χ4n) is 1.41. The summed E-state index contributed by atoms with van der Waals surface area (Å²) >= 11 is 14.3. The number of benzene rings is 1. The van der Waals surface area contributed by atoms with Crippen LogP contribution in [0.3, 0.4) is 0 Å². The summed E-state index contributed by atoms with van der Waals surface area (Å²) in [5.74, 6) is -0.0462. The molecule has 0 aliphatic rings. The quantitative estimate of drug-likeness (QED) is 0.618. The monoisotopic (exact) mass is 392 g/mol. The van der Waals surface area contributed by atoms with Gasteiger partial charge >= 0.3 is 0 Å². The highest BCUT2D eigenvalue weighted by molar-refractivity contribution is 9.13. The number of carbonyl (C=O) groups excluding carboxylic acids is 1. The Morgan fingerprint density at radius 2 is 2.06 bits per heavy atom. The van der Waals surface area contributed by atoms with Gasteiger partial charge in [0, 0.05) is 10.0 Å². The summed E-state index contributed by atoms with van der Waals surface area (Å²) in [6.07, 6.45) is 0. The summed E-state index contributed by atoms with van der Waals surface area (Å²) in [6, 6.07) is 7.28. The van der Waals surface area contributed by atoms with Crippen molar-refractivity contribution in [2.45, 2.75) is 6.92 Å². The molecule has 0 spiro atoms. The number of aryl methyl sites for hydroxylation is 1. The van der Waals surface area contributed by atoms with Gasteiger partial charge in [-0.3, -0.25) is 4.79 Å². The van der Waals surface area contributed by atoms with E-state index in [0.717, 1.165) is 13.8 Å². The molecular weight excluding hydrogens is 387 g/mol. The van der Waals surface area contributed by atoms with Gasteiger partial charge in [-0.1, -0.05) is 23.7 Å². The molecule has 1 nitrogen and oxygen atoms in total. The predicted octanol–water partition coefficient (Wildman–Crippen LogP) is 5.47. The number of hydrogen-bond donors (Lipinski definition) is 0. The third-order valence-electron chi connectivity index (χ3n) is 2.31. The van der Waals surface area contributed by atoms with Crippen molar-refractivity contribution in [1.29, 1.82) is 0 Å². The lowest BCUT2D eigenvalue weighted by atomic mass is 10.1. The molecule has 17 heavy (non-hydrogen) atoms. The van der Waals surface area contributed by atoms with E-state index < -0.39 is 0 Å². The average molecular weight is 395 g/mol. The fourth-order valence-corrected chi connectivity index (χ4v) is 3.62. The van der Waals surface area contributed by atoms with Crippen LogP contribution in [-0.2, 0) is 0 Å². The largest absolute Gasteiger partial charge is 0.288 e. The van der Waals surface area contributed by atoms with Crippen molar-refractivity contribution in [2.75, 3.05) is 0 Å². The molecule has 1 aromatic carbocycles. The highest BCUT2D eigenvalue weighted by atomic mass is 79.9. The molecule has 0 saturated carbocycles. The number of carbonyl (C=O) groups is 1. The van der Waals surface area contributed by atoms with Crippen molar-refractivity contribution in [3.05, 3.63) is 53.6 Å².